The van der Waals surface area contributed by atoms with E-state index < -0.39 is 26.5 Å². The minimum absolute atomic E-state index is 0.0946. The van der Waals surface area contributed by atoms with Crippen molar-refractivity contribution in [1.29, 1.82) is 0 Å². The van der Waals surface area contributed by atoms with Crippen LogP contribution in [0.25, 0.3) is 0 Å². The number of halogens is 1. The minimum Gasteiger partial charge on any atom is -0.478 e. The normalized spacial score (nSPS) is 13.2. The van der Waals surface area contributed by atoms with Crippen molar-refractivity contribution < 1.29 is 22.7 Å². The highest BCUT2D eigenvalue weighted by molar-refractivity contribution is 7.91. The van der Waals surface area contributed by atoms with Crippen LogP contribution >= 0.6 is 0 Å². The van der Waals surface area contributed by atoms with Crippen molar-refractivity contribution in [3.8, 4) is 0 Å². The molecule has 0 fully saturated rings. The largest absolute Gasteiger partial charge is 0.478 e. The minimum atomic E-state index is -3.81. The van der Waals surface area contributed by atoms with Gasteiger partial charge in [0.1, 0.15) is 10.7 Å². The highest BCUT2D eigenvalue weighted by Crippen LogP contribution is 2.21. The topological polar surface area (TPSA) is 71.4 Å². The Balaban J connectivity index is 3.13. The van der Waals surface area contributed by atoms with Crippen LogP contribution in [-0.2, 0) is 9.84 Å². The summed E-state index contributed by atoms with van der Waals surface area (Å²) in [5.41, 5.74) is -0.233. The quantitative estimate of drug-likeness (QED) is 0.873. The summed E-state index contributed by atoms with van der Waals surface area (Å²) in [5.74, 6) is -2.46. The highest BCUT2D eigenvalue weighted by Gasteiger charge is 2.23. The van der Waals surface area contributed by atoms with Crippen LogP contribution in [0.15, 0.2) is 23.1 Å². The van der Waals surface area contributed by atoms with Crippen LogP contribution in [0.5, 0.6) is 0 Å². The Hall–Kier alpha value is -1.43. The Bertz CT molecular complexity index is 566. The number of hydrogen-bond donors (Lipinski definition) is 1. The fourth-order valence-electron chi connectivity index (χ4n) is 1.92. The molecule has 1 unspecified atom stereocenters. The number of rotatable bonds is 6. The summed E-state index contributed by atoms with van der Waals surface area (Å²) < 4.78 is 37.8. The molecule has 0 saturated carbocycles. The van der Waals surface area contributed by atoms with Gasteiger partial charge >= 0.3 is 5.97 Å². The zero-order valence-corrected chi connectivity index (χ0v) is 11.7. The van der Waals surface area contributed by atoms with Gasteiger partial charge in [0, 0.05) is 0 Å². The standard InChI is InChI=1S/C13H17FO4S/c1-3-4-9(2)8-19(17,18)12-7-10(13(15)16)5-6-11(12)14/h5-7,9H,3-4,8H2,1-2H3,(H,15,16). The molecule has 0 bridgehead atoms. The molecule has 1 rings (SSSR count). The lowest BCUT2D eigenvalue weighted by Gasteiger charge is -2.11. The van der Waals surface area contributed by atoms with Gasteiger partial charge in [-0.15, -0.1) is 0 Å². The molecule has 0 spiro atoms. The number of hydrogen-bond acceptors (Lipinski definition) is 3. The van der Waals surface area contributed by atoms with Gasteiger partial charge in [-0.05, 0) is 30.5 Å². The first-order valence-electron chi connectivity index (χ1n) is 6.03. The van der Waals surface area contributed by atoms with E-state index in [2.05, 4.69) is 0 Å². The summed E-state index contributed by atoms with van der Waals surface area (Å²) >= 11 is 0. The molecule has 1 aromatic carbocycles. The fourth-order valence-corrected chi connectivity index (χ4v) is 3.68. The van der Waals surface area contributed by atoms with Crippen LogP contribution in [0.2, 0.25) is 0 Å². The zero-order chi connectivity index (χ0) is 14.6. The first-order valence-corrected chi connectivity index (χ1v) is 7.68. The van der Waals surface area contributed by atoms with E-state index in [9.17, 15) is 17.6 Å². The molecule has 106 valence electrons. The van der Waals surface area contributed by atoms with Gasteiger partial charge in [0.05, 0.1) is 11.3 Å². The van der Waals surface area contributed by atoms with Crippen molar-refractivity contribution in [3.05, 3.63) is 29.6 Å². The number of carboxylic acids is 1. The summed E-state index contributed by atoms with van der Waals surface area (Å²) in [5, 5.41) is 8.81. The van der Waals surface area contributed by atoms with Gasteiger partial charge in [-0.1, -0.05) is 20.3 Å². The fraction of sp³-hybridized carbons (Fsp3) is 0.462. The van der Waals surface area contributed by atoms with E-state index in [4.69, 9.17) is 5.11 Å². The molecule has 0 amide bonds. The summed E-state index contributed by atoms with van der Waals surface area (Å²) in [4.78, 5) is 10.3. The molecule has 4 nitrogen and oxygen atoms in total. The maximum absolute atomic E-state index is 13.6. The number of carboxylic acid groups (broad SMARTS) is 1. The van der Waals surface area contributed by atoms with Gasteiger partial charge in [-0.2, -0.15) is 0 Å². The average Bonchev–Trinajstić information content (AvgIpc) is 2.28. The third-order valence-corrected chi connectivity index (χ3v) is 4.79. The Morgan fingerprint density at radius 3 is 2.58 bits per heavy atom. The van der Waals surface area contributed by atoms with Crippen molar-refractivity contribution in [2.45, 2.75) is 31.6 Å². The molecular weight excluding hydrogens is 271 g/mol. The first-order chi connectivity index (χ1) is 8.77. The van der Waals surface area contributed by atoms with Crippen LogP contribution < -0.4 is 0 Å². The van der Waals surface area contributed by atoms with Crippen LogP contribution in [-0.4, -0.2) is 25.2 Å². The molecule has 0 saturated heterocycles. The van der Waals surface area contributed by atoms with Crippen molar-refractivity contribution >= 4 is 15.8 Å². The number of sulfone groups is 1. The maximum Gasteiger partial charge on any atom is 0.335 e. The van der Waals surface area contributed by atoms with E-state index in [0.717, 1.165) is 31.0 Å². The van der Waals surface area contributed by atoms with Crippen LogP contribution in [0.1, 0.15) is 37.0 Å². The van der Waals surface area contributed by atoms with E-state index >= 15 is 0 Å². The number of carbonyl (C=O) groups is 1. The third kappa shape index (κ3) is 4.02. The highest BCUT2D eigenvalue weighted by atomic mass is 32.2. The molecule has 1 N–H and O–H groups in total. The smallest absolute Gasteiger partial charge is 0.335 e. The van der Waals surface area contributed by atoms with E-state index in [-0.39, 0.29) is 17.2 Å². The Morgan fingerprint density at radius 1 is 1.42 bits per heavy atom. The molecule has 0 aliphatic heterocycles. The van der Waals surface area contributed by atoms with Crippen molar-refractivity contribution in [2.24, 2.45) is 5.92 Å². The summed E-state index contributed by atoms with van der Waals surface area (Å²) in [6, 6.07) is 2.80. The molecule has 6 heteroatoms. The van der Waals surface area contributed by atoms with Crippen molar-refractivity contribution in [2.75, 3.05) is 5.75 Å². The molecule has 0 aliphatic carbocycles. The molecule has 1 aromatic rings. The maximum atomic E-state index is 13.6. The molecular formula is C13H17FO4S. The lowest BCUT2D eigenvalue weighted by atomic mass is 10.1. The van der Waals surface area contributed by atoms with E-state index in [1.165, 1.54) is 0 Å². The summed E-state index contributed by atoms with van der Waals surface area (Å²) in [6.45, 7) is 3.72. The average molecular weight is 288 g/mol. The van der Waals surface area contributed by atoms with Gasteiger partial charge < -0.3 is 5.11 Å². The van der Waals surface area contributed by atoms with E-state index in [1.54, 1.807) is 6.92 Å². The second kappa shape index (κ2) is 6.14. The SMILES string of the molecule is CCCC(C)CS(=O)(=O)c1cc(C(=O)O)ccc1F. The van der Waals surface area contributed by atoms with Crippen molar-refractivity contribution in [1.82, 2.24) is 0 Å². The van der Waals surface area contributed by atoms with Crippen LogP contribution in [0.3, 0.4) is 0 Å². The first kappa shape index (κ1) is 15.6. The van der Waals surface area contributed by atoms with Gasteiger partial charge in [-0.25, -0.2) is 17.6 Å². The van der Waals surface area contributed by atoms with Crippen LogP contribution in [0, 0.1) is 11.7 Å². The Labute approximate surface area is 112 Å². The van der Waals surface area contributed by atoms with Gasteiger partial charge in [0.15, 0.2) is 9.84 Å². The third-order valence-electron chi connectivity index (χ3n) is 2.80. The molecule has 19 heavy (non-hydrogen) atoms. The Kier molecular flexibility index (Phi) is 5.05. The van der Waals surface area contributed by atoms with Crippen molar-refractivity contribution in [3.63, 3.8) is 0 Å². The monoisotopic (exact) mass is 288 g/mol. The molecule has 0 heterocycles. The predicted octanol–water partition coefficient (Wildman–Crippen LogP) is 2.73. The molecule has 0 aromatic heterocycles. The second-order valence-corrected chi connectivity index (χ2v) is 6.63. The lowest BCUT2D eigenvalue weighted by molar-refractivity contribution is 0.0696. The summed E-state index contributed by atoms with van der Waals surface area (Å²) in [6.07, 6.45) is 1.56. The number of benzene rings is 1. The van der Waals surface area contributed by atoms with Gasteiger partial charge in [-0.3, -0.25) is 0 Å². The lowest BCUT2D eigenvalue weighted by Crippen LogP contribution is -2.16. The molecule has 1 atom stereocenters. The van der Waals surface area contributed by atoms with Gasteiger partial charge in [0.2, 0.25) is 0 Å². The predicted molar refractivity (Wildman–Crippen MR) is 69.5 cm³/mol. The van der Waals surface area contributed by atoms with Crippen LogP contribution in [0.4, 0.5) is 4.39 Å². The molecule has 0 aliphatic rings. The summed E-state index contributed by atoms with van der Waals surface area (Å²) in [7, 11) is -3.81. The second-order valence-electron chi connectivity index (χ2n) is 4.63. The molecule has 0 radical (unpaired) electrons. The Morgan fingerprint density at radius 2 is 2.05 bits per heavy atom. The zero-order valence-electron chi connectivity index (χ0n) is 10.9. The number of aromatic carboxylic acids is 1. The van der Waals surface area contributed by atoms with E-state index in [0.29, 0.717) is 0 Å². The van der Waals surface area contributed by atoms with Gasteiger partial charge in [0.25, 0.3) is 0 Å². The van der Waals surface area contributed by atoms with E-state index in [1.807, 2.05) is 6.92 Å².